The van der Waals surface area contributed by atoms with Gasteiger partial charge in [0.1, 0.15) is 0 Å². The molecule has 4 aromatic rings. The molecule has 0 atom stereocenters. The fraction of sp³-hybridized carbons (Fsp3) is 0.167. The van der Waals surface area contributed by atoms with Crippen LogP contribution in [0.1, 0.15) is 12.5 Å². The van der Waals surface area contributed by atoms with Crippen LogP contribution < -0.4 is 5.32 Å². The minimum Gasteiger partial charge on any atom is -0.455 e. The molecule has 1 aromatic heterocycles. The Hall–Kier alpha value is -4.20. The first kappa shape index (κ1) is 21.0. The van der Waals surface area contributed by atoms with Gasteiger partial charge in [-0.2, -0.15) is 0 Å². The Bertz CT molecular complexity index is 1340. The van der Waals surface area contributed by atoms with Crippen LogP contribution in [0.5, 0.6) is 0 Å². The molecule has 0 unspecified atom stereocenters. The number of hydrogen-bond acceptors (Lipinski definition) is 5. The van der Waals surface area contributed by atoms with Gasteiger partial charge < -0.3 is 14.6 Å². The van der Waals surface area contributed by atoms with E-state index in [1.54, 1.807) is 12.1 Å². The maximum atomic E-state index is 12.3. The lowest BCUT2D eigenvalue weighted by atomic mass is 10.1. The Morgan fingerprint density at radius 1 is 1.00 bits per heavy atom. The van der Waals surface area contributed by atoms with E-state index in [0.29, 0.717) is 5.69 Å². The number of para-hydroxylation sites is 2. The van der Waals surface area contributed by atoms with Crippen molar-refractivity contribution in [1.29, 1.82) is 0 Å². The number of carbonyl (C=O) groups is 2. The number of nitrogens with one attached hydrogen (secondary N) is 1. The van der Waals surface area contributed by atoms with E-state index in [9.17, 15) is 19.7 Å². The number of nitro groups is 1. The zero-order valence-corrected chi connectivity index (χ0v) is 17.4. The van der Waals surface area contributed by atoms with Gasteiger partial charge in [-0.1, -0.05) is 36.4 Å². The van der Waals surface area contributed by atoms with Crippen molar-refractivity contribution >= 4 is 45.1 Å². The SMILES string of the molecule is CCn1c2ccccc2c2cc(NC(=O)COC(=O)Cc3ccccc3[N+](=O)[O-])ccc21. The molecule has 0 bridgehead atoms. The molecule has 3 aromatic carbocycles. The molecule has 8 heteroatoms. The highest BCUT2D eigenvalue weighted by molar-refractivity contribution is 6.09. The number of aromatic nitrogens is 1. The van der Waals surface area contributed by atoms with Crippen LogP contribution in [0, 0.1) is 10.1 Å². The smallest absolute Gasteiger partial charge is 0.311 e. The van der Waals surface area contributed by atoms with Crippen molar-refractivity contribution < 1.29 is 19.2 Å². The number of carbonyl (C=O) groups excluding carboxylic acids is 2. The van der Waals surface area contributed by atoms with Gasteiger partial charge in [-0.15, -0.1) is 0 Å². The van der Waals surface area contributed by atoms with E-state index >= 15 is 0 Å². The van der Waals surface area contributed by atoms with Gasteiger partial charge in [-0.3, -0.25) is 19.7 Å². The Balaban J connectivity index is 1.43. The van der Waals surface area contributed by atoms with Gasteiger partial charge in [0.25, 0.3) is 11.6 Å². The monoisotopic (exact) mass is 431 g/mol. The van der Waals surface area contributed by atoms with Crippen LogP contribution >= 0.6 is 0 Å². The first-order valence-corrected chi connectivity index (χ1v) is 10.2. The lowest BCUT2D eigenvalue weighted by molar-refractivity contribution is -0.385. The van der Waals surface area contributed by atoms with E-state index in [4.69, 9.17) is 4.74 Å². The van der Waals surface area contributed by atoms with Crippen LogP contribution in [0.4, 0.5) is 11.4 Å². The highest BCUT2D eigenvalue weighted by atomic mass is 16.6. The summed E-state index contributed by atoms with van der Waals surface area (Å²) in [5, 5.41) is 15.9. The van der Waals surface area contributed by atoms with Crippen LogP contribution in [0.25, 0.3) is 21.8 Å². The van der Waals surface area contributed by atoms with Gasteiger partial charge in [0, 0.05) is 45.7 Å². The molecule has 162 valence electrons. The van der Waals surface area contributed by atoms with Crippen LogP contribution in [-0.4, -0.2) is 28.0 Å². The topological polar surface area (TPSA) is 103 Å². The molecule has 1 amide bonds. The van der Waals surface area contributed by atoms with E-state index in [1.165, 1.54) is 18.2 Å². The van der Waals surface area contributed by atoms with Crippen molar-refractivity contribution in [3.05, 3.63) is 82.4 Å². The number of anilines is 1. The molecule has 0 fully saturated rings. The number of amides is 1. The Kier molecular flexibility index (Phi) is 5.85. The second kappa shape index (κ2) is 8.89. The maximum absolute atomic E-state index is 12.3. The third-order valence-corrected chi connectivity index (χ3v) is 5.26. The van der Waals surface area contributed by atoms with Crippen molar-refractivity contribution in [3.63, 3.8) is 0 Å². The molecule has 0 aliphatic rings. The van der Waals surface area contributed by atoms with E-state index in [2.05, 4.69) is 22.9 Å². The van der Waals surface area contributed by atoms with Crippen LogP contribution in [0.3, 0.4) is 0 Å². The molecule has 0 saturated heterocycles. The lowest BCUT2D eigenvalue weighted by Crippen LogP contribution is -2.21. The lowest BCUT2D eigenvalue weighted by Gasteiger charge is -2.08. The standard InChI is InChI=1S/C24H21N3O5/c1-2-26-21-10-6-4-8-18(21)19-14-17(11-12-22(19)26)25-23(28)15-32-24(29)13-16-7-3-5-9-20(16)27(30)31/h3-12,14H,2,13,15H2,1H3,(H,25,28). The van der Waals surface area contributed by atoms with Crippen molar-refractivity contribution in [3.8, 4) is 0 Å². The Morgan fingerprint density at radius 3 is 2.50 bits per heavy atom. The number of benzene rings is 3. The van der Waals surface area contributed by atoms with Crippen LogP contribution in [0.2, 0.25) is 0 Å². The number of fused-ring (bicyclic) bond motifs is 3. The number of esters is 1. The normalized spacial score (nSPS) is 10.9. The van der Waals surface area contributed by atoms with Gasteiger partial charge in [0.2, 0.25) is 0 Å². The molecular weight excluding hydrogens is 410 g/mol. The average Bonchev–Trinajstić information content (AvgIpc) is 3.11. The second-order valence-electron chi connectivity index (χ2n) is 7.26. The van der Waals surface area contributed by atoms with E-state index in [0.717, 1.165) is 28.4 Å². The summed E-state index contributed by atoms with van der Waals surface area (Å²) in [6.07, 6.45) is -0.285. The zero-order chi connectivity index (χ0) is 22.7. The molecule has 4 rings (SSSR count). The second-order valence-corrected chi connectivity index (χ2v) is 7.26. The summed E-state index contributed by atoms with van der Waals surface area (Å²) >= 11 is 0. The predicted octanol–water partition coefficient (Wildman–Crippen LogP) is 4.45. The molecule has 0 aliphatic carbocycles. The summed E-state index contributed by atoms with van der Waals surface area (Å²) in [7, 11) is 0. The molecule has 1 N–H and O–H groups in total. The van der Waals surface area contributed by atoms with Gasteiger partial charge >= 0.3 is 5.97 Å². The van der Waals surface area contributed by atoms with Crippen LogP contribution in [0.15, 0.2) is 66.7 Å². The van der Waals surface area contributed by atoms with Crippen molar-refractivity contribution in [1.82, 2.24) is 4.57 Å². The summed E-state index contributed by atoms with van der Waals surface area (Å²) in [5.74, 6) is -1.20. The number of nitro benzene ring substituents is 1. The molecule has 8 nitrogen and oxygen atoms in total. The fourth-order valence-electron chi connectivity index (χ4n) is 3.86. The summed E-state index contributed by atoms with van der Waals surface area (Å²) in [6, 6.07) is 19.7. The third-order valence-electron chi connectivity index (χ3n) is 5.26. The zero-order valence-electron chi connectivity index (χ0n) is 17.4. The molecule has 0 saturated carbocycles. The number of ether oxygens (including phenoxy) is 1. The predicted molar refractivity (Wildman–Crippen MR) is 122 cm³/mol. The molecule has 0 aliphatic heterocycles. The minimum absolute atomic E-state index is 0.159. The van der Waals surface area contributed by atoms with Gasteiger partial charge in [-0.25, -0.2) is 0 Å². The molecular formula is C24H21N3O5. The largest absolute Gasteiger partial charge is 0.455 e. The van der Waals surface area contributed by atoms with Gasteiger partial charge in [-0.05, 0) is 31.2 Å². The number of rotatable bonds is 7. The van der Waals surface area contributed by atoms with Crippen molar-refractivity contribution in [2.45, 2.75) is 19.9 Å². The van der Waals surface area contributed by atoms with Crippen molar-refractivity contribution in [2.75, 3.05) is 11.9 Å². The fourth-order valence-corrected chi connectivity index (χ4v) is 3.86. The third kappa shape index (κ3) is 4.15. The van der Waals surface area contributed by atoms with Gasteiger partial charge in [0.05, 0.1) is 11.3 Å². The summed E-state index contributed by atoms with van der Waals surface area (Å²) in [6.45, 7) is 2.43. The van der Waals surface area contributed by atoms with E-state index in [1.807, 2.05) is 30.3 Å². The van der Waals surface area contributed by atoms with Crippen LogP contribution in [-0.2, 0) is 27.3 Å². The summed E-state index contributed by atoms with van der Waals surface area (Å²) < 4.78 is 7.23. The first-order valence-electron chi connectivity index (χ1n) is 10.2. The minimum atomic E-state index is -0.712. The molecule has 32 heavy (non-hydrogen) atoms. The highest BCUT2D eigenvalue weighted by Crippen LogP contribution is 2.31. The molecule has 1 heterocycles. The van der Waals surface area contributed by atoms with Gasteiger partial charge in [0.15, 0.2) is 6.61 Å². The van der Waals surface area contributed by atoms with Crippen molar-refractivity contribution in [2.24, 2.45) is 0 Å². The highest BCUT2D eigenvalue weighted by Gasteiger charge is 2.17. The quantitative estimate of drug-likeness (QED) is 0.265. The number of aryl methyl sites for hydroxylation is 1. The maximum Gasteiger partial charge on any atom is 0.311 e. The van der Waals surface area contributed by atoms with E-state index in [-0.39, 0.29) is 17.7 Å². The molecule has 0 radical (unpaired) electrons. The number of nitrogens with zero attached hydrogens (tertiary/aromatic N) is 2. The first-order chi connectivity index (χ1) is 15.5. The Labute approximate surface area is 183 Å². The Morgan fingerprint density at radius 2 is 1.72 bits per heavy atom. The van der Waals surface area contributed by atoms with E-state index < -0.39 is 23.4 Å². The summed E-state index contributed by atoms with van der Waals surface area (Å²) in [5.41, 5.74) is 2.87. The number of hydrogen-bond donors (Lipinski definition) is 1. The molecule has 0 spiro atoms. The summed E-state index contributed by atoms with van der Waals surface area (Å²) in [4.78, 5) is 34.9. The average molecular weight is 431 g/mol.